The fourth-order valence-corrected chi connectivity index (χ4v) is 2.60. The van der Waals surface area contributed by atoms with Crippen LogP contribution in [0, 0.1) is 0 Å². The number of fused-ring (bicyclic) bond motifs is 1. The second-order valence-electron chi connectivity index (χ2n) is 4.48. The Morgan fingerprint density at radius 1 is 1.29 bits per heavy atom. The minimum absolute atomic E-state index is 0.0885. The lowest BCUT2D eigenvalue weighted by Crippen LogP contribution is -2.50. The van der Waals surface area contributed by atoms with Gasteiger partial charge in [0.05, 0.1) is 6.10 Å². The van der Waals surface area contributed by atoms with Crippen LogP contribution in [0.3, 0.4) is 0 Å². The monoisotopic (exact) mass is 199 g/mol. The molecule has 2 fully saturated rings. The summed E-state index contributed by atoms with van der Waals surface area (Å²) in [6.45, 7) is 6.17. The van der Waals surface area contributed by atoms with E-state index < -0.39 is 0 Å². The van der Waals surface area contributed by atoms with Crippen molar-refractivity contribution in [3.05, 3.63) is 0 Å². The van der Waals surface area contributed by atoms with Gasteiger partial charge in [-0.15, -0.1) is 0 Å². The van der Waals surface area contributed by atoms with Crippen molar-refractivity contribution in [3.8, 4) is 0 Å². The van der Waals surface area contributed by atoms with Gasteiger partial charge in [-0.05, 0) is 25.9 Å². The molecule has 0 amide bonds. The predicted molar refractivity (Wildman–Crippen MR) is 56.1 cm³/mol. The maximum Gasteiger partial charge on any atom is 0.0682 e. The Balaban J connectivity index is 1.79. The van der Waals surface area contributed by atoms with Gasteiger partial charge in [-0.3, -0.25) is 4.90 Å². The lowest BCUT2D eigenvalue weighted by atomic mass is 10.1. The van der Waals surface area contributed by atoms with Crippen LogP contribution >= 0.6 is 0 Å². The van der Waals surface area contributed by atoms with Crippen LogP contribution in [0.4, 0.5) is 0 Å². The summed E-state index contributed by atoms with van der Waals surface area (Å²) < 4.78 is 0. The fourth-order valence-electron chi connectivity index (χ4n) is 2.60. The normalized spacial score (nSPS) is 34.7. The summed E-state index contributed by atoms with van der Waals surface area (Å²) in [6, 6.07) is 0.594. The van der Waals surface area contributed by atoms with Crippen molar-refractivity contribution < 1.29 is 5.11 Å². The molecule has 2 heterocycles. The molecule has 0 aromatic rings. The molecule has 2 aliphatic heterocycles. The average molecular weight is 199 g/mol. The molecule has 82 valence electrons. The zero-order valence-electron chi connectivity index (χ0n) is 8.73. The minimum Gasteiger partial charge on any atom is -0.392 e. The first kappa shape index (κ1) is 10.4. The third-order valence-corrected chi connectivity index (χ3v) is 3.36. The highest BCUT2D eigenvalue weighted by atomic mass is 16.3. The van der Waals surface area contributed by atoms with E-state index in [0.29, 0.717) is 6.04 Å². The molecule has 2 aliphatic rings. The number of nitrogens with two attached hydrogens (primary N) is 1. The molecule has 2 unspecified atom stereocenters. The summed E-state index contributed by atoms with van der Waals surface area (Å²) in [5, 5.41) is 9.54. The fraction of sp³-hybridized carbons (Fsp3) is 1.00. The maximum atomic E-state index is 9.54. The van der Waals surface area contributed by atoms with Crippen molar-refractivity contribution in [2.45, 2.75) is 25.0 Å². The van der Waals surface area contributed by atoms with Crippen LogP contribution in [-0.2, 0) is 0 Å². The Morgan fingerprint density at radius 2 is 2.14 bits per heavy atom. The Labute approximate surface area is 85.7 Å². The van der Waals surface area contributed by atoms with E-state index >= 15 is 0 Å². The van der Waals surface area contributed by atoms with E-state index in [4.69, 9.17) is 5.73 Å². The summed E-state index contributed by atoms with van der Waals surface area (Å²) >= 11 is 0. The van der Waals surface area contributed by atoms with Gasteiger partial charge in [-0.1, -0.05) is 0 Å². The predicted octanol–water partition coefficient (Wildman–Crippen LogP) is -0.914. The standard InChI is InChI=1S/C10H21N3O/c11-2-1-3-12-4-5-13-8-10(14)6-9(13)7-12/h9-10,14H,1-8,11H2. The van der Waals surface area contributed by atoms with Gasteiger partial charge in [0.1, 0.15) is 0 Å². The van der Waals surface area contributed by atoms with Crippen molar-refractivity contribution in [2.75, 3.05) is 39.3 Å². The summed E-state index contributed by atoms with van der Waals surface area (Å²) in [5.74, 6) is 0. The van der Waals surface area contributed by atoms with Crippen molar-refractivity contribution in [2.24, 2.45) is 5.73 Å². The van der Waals surface area contributed by atoms with E-state index in [1.54, 1.807) is 0 Å². The van der Waals surface area contributed by atoms with Crippen molar-refractivity contribution in [1.82, 2.24) is 9.80 Å². The van der Waals surface area contributed by atoms with Gasteiger partial charge >= 0.3 is 0 Å². The molecule has 0 radical (unpaired) electrons. The van der Waals surface area contributed by atoms with Gasteiger partial charge in [0.2, 0.25) is 0 Å². The zero-order chi connectivity index (χ0) is 9.97. The highest BCUT2D eigenvalue weighted by Crippen LogP contribution is 2.21. The number of hydrogen-bond acceptors (Lipinski definition) is 4. The maximum absolute atomic E-state index is 9.54. The van der Waals surface area contributed by atoms with E-state index in [1.165, 1.54) is 0 Å². The van der Waals surface area contributed by atoms with E-state index in [-0.39, 0.29) is 6.10 Å². The second kappa shape index (κ2) is 4.57. The first-order valence-electron chi connectivity index (χ1n) is 5.64. The average Bonchev–Trinajstić information content (AvgIpc) is 2.54. The van der Waals surface area contributed by atoms with E-state index in [9.17, 15) is 5.11 Å². The first-order valence-corrected chi connectivity index (χ1v) is 5.64. The smallest absolute Gasteiger partial charge is 0.0682 e. The molecule has 2 saturated heterocycles. The third-order valence-electron chi connectivity index (χ3n) is 3.36. The van der Waals surface area contributed by atoms with Gasteiger partial charge in [0.25, 0.3) is 0 Å². The minimum atomic E-state index is -0.0885. The third kappa shape index (κ3) is 2.25. The number of piperazine rings is 1. The van der Waals surface area contributed by atoms with Gasteiger partial charge in [-0.2, -0.15) is 0 Å². The van der Waals surface area contributed by atoms with Gasteiger partial charge < -0.3 is 15.7 Å². The molecule has 0 aromatic carbocycles. The number of aliphatic hydroxyl groups is 1. The van der Waals surface area contributed by atoms with Crippen molar-refractivity contribution >= 4 is 0 Å². The second-order valence-corrected chi connectivity index (χ2v) is 4.48. The molecule has 2 atom stereocenters. The quantitative estimate of drug-likeness (QED) is 0.617. The Kier molecular flexibility index (Phi) is 3.38. The molecular formula is C10H21N3O. The molecule has 0 saturated carbocycles. The van der Waals surface area contributed by atoms with Gasteiger partial charge in [-0.25, -0.2) is 0 Å². The van der Waals surface area contributed by atoms with Crippen LogP contribution in [0.15, 0.2) is 0 Å². The number of hydrogen-bond donors (Lipinski definition) is 2. The lowest BCUT2D eigenvalue weighted by molar-refractivity contribution is 0.102. The molecule has 0 aliphatic carbocycles. The van der Waals surface area contributed by atoms with Crippen molar-refractivity contribution in [1.29, 1.82) is 0 Å². The highest BCUT2D eigenvalue weighted by molar-refractivity contribution is 4.90. The molecule has 0 bridgehead atoms. The first-order chi connectivity index (χ1) is 6.79. The Hall–Kier alpha value is -0.160. The highest BCUT2D eigenvalue weighted by Gasteiger charge is 2.34. The largest absolute Gasteiger partial charge is 0.392 e. The Morgan fingerprint density at radius 3 is 2.93 bits per heavy atom. The van der Waals surface area contributed by atoms with Crippen LogP contribution in [0.2, 0.25) is 0 Å². The Bertz CT molecular complexity index is 188. The molecule has 4 nitrogen and oxygen atoms in total. The lowest BCUT2D eigenvalue weighted by Gasteiger charge is -2.37. The topological polar surface area (TPSA) is 52.7 Å². The van der Waals surface area contributed by atoms with Crippen LogP contribution in [0.1, 0.15) is 12.8 Å². The summed E-state index contributed by atoms with van der Waals surface area (Å²) in [4.78, 5) is 4.90. The number of rotatable bonds is 3. The molecule has 2 rings (SSSR count). The number of aliphatic hydroxyl groups excluding tert-OH is 1. The number of nitrogens with zero attached hydrogens (tertiary/aromatic N) is 2. The molecule has 4 heteroatoms. The molecule has 14 heavy (non-hydrogen) atoms. The van der Waals surface area contributed by atoms with E-state index in [1.807, 2.05) is 0 Å². The van der Waals surface area contributed by atoms with Crippen LogP contribution in [0.25, 0.3) is 0 Å². The summed E-state index contributed by atoms with van der Waals surface area (Å²) in [5.41, 5.74) is 5.50. The molecule has 0 spiro atoms. The van der Waals surface area contributed by atoms with E-state index in [2.05, 4.69) is 9.80 Å². The molecular weight excluding hydrogens is 178 g/mol. The zero-order valence-corrected chi connectivity index (χ0v) is 8.73. The summed E-state index contributed by atoms with van der Waals surface area (Å²) in [6.07, 6.45) is 1.96. The van der Waals surface area contributed by atoms with Crippen LogP contribution in [0.5, 0.6) is 0 Å². The SMILES string of the molecule is NCCCN1CCN2CC(O)CC2C1. The molecule has 0 aromatic heterocycles. The van der Waals surface area contributed by atoms with E-state index in [0.717, 1.165) is 52.1 Å². The van der Waals surface area contributed by atoms with Gasteiger partial charge in [0.15, 0.2) is 0 Å². The molecule has 3 N–H and O–H groups in total. The van der Waals surface area contributed by atoms with Crippen LogP contribution < -0.4 is 5.73 Å². The van der Waals surface area contributed by atoms with Crippen LogP contribution in [-0.4, -0.2) is 66.3 Å². The van der Waals surface area contributed by atoms with Crippen molar-refractivity contribution in [3.63, 3.8) is 0 Å². The van der Waals surface area contributed by atoms with Gasteiger partial charge in [0, 0.05) is 32.2 Å². The summed E-state index contributed by atoms with van der Waals surface area (Å²) in [7, 11) is 0.